The first kappa shape index (κ1) is 17.0. The van der Waals surface area contributed by atoms with E-state index in [-0.39, 0.29) is 11.8 Å². The Morgan fingerprint density at radius 3 is 2.52 bits per heavy atom. The summed E-state index contributed by atoms with van der Waals surface area (Å²) in [5.41, 5.74) is 3.55. The summed E-state index contributed by atoms with van der Waals surface area (Å²) in [7, 11) is 1.93. The predicted octanol–water partition coefficient (Wildman–Crippen LogP) is 3.57. The molecule has 128 valence electrons. The number of rotatable bonds is 6. The zero-order valence-electron chi connectivity index (χ0n) is 14.6. The lowest BCUT2D eigenvalue weighted by atomic mass is 9.86. The molecule has 0 bridgehead atoms. The van der Waals surface area contributed by atoms with Gasteiger partial charge >= 0.3 is 0 Å². The minimum absolute atomic E-state index is 0.0279. The summed E-state index contributed by atoms with van der Waals surface area (Å²) in [6, 6.07) is 18.5. The minimum Gasteiger partial charge on any atom is -0.349 e. The Morgan fingerprint density at radius 2 is 1.84 bits per heavy atom. The van der Waals surface area contributed by atoms with Gasteiger partial charge in [0.1, 0.15) is 5.82 Å². The van der Waals surface area contributed by atoms with E-state index in [2.05, 4.69) is 41.5 Å². The summed E-state index contributed by atoms with van der Waals surface area (Å²) in [5.74, 6) is 0.921. The second-order valence-electron chi connectivity index (χ2n) is 6.26. The van der Waals surface area contributed by atoms with E-state index in [1.165, 1.54) is 11.1 Å². The van der Waals surface area contributed by atoms with Crippen LogP contribution >= 0.6 is 0 Å². The maximum atomic E-state index is 12.6. The monoisotopic (exact) mass is 333 g/mol. The van der Waals surface area contributed by atoms with Gasteiger partial charge < -0.3 is 9.88 Å². The highest BCUT2D eigenvalue weighted by molar-refractivity contribution is 5.77. The molecule has 1 heterocycles. The maximum absolute atomic E-state index is 12.6. The van der Waals surface area contributed by atoms with Crippen LogP contribution in [0.3, 0.4) is 0 Å². The SMILES string of the molecule is Cc1ccccc1C(CC(=O)NCc1nccn1C)c1ccccc1. The van der Waals surface area contributed by atoms with E-state index < -0.39 is 0 Å². The number of benzene rings is 2. The van der Waals surface area contributed by atoms with Crippen LogP contribution in [0.2, 0.25) is 0 Å². The van der Waals surface area contributed by atoms with Crippen molar-refractivity contribution in [1.29, 1.82) is 0 Å². The van der Waals surface area contributed by atoms with Gasteiger partial charge in [0, 0.05) is 31.8 Å². The van der Waals surface area contributed by atoms with E-state index in [1.54, 1.807) is 6.20 Å². The molecule has 1 atom stereocenters. The number of nitrogens with zero attached hydrogens (tertiary/aromatic N) is 2. The van der Waals surface area contributed by atoms with Gasteiger partial charge in [-0.05, 0) is 23.6 Å². The lowest BCUT2D eigenvalue weighted by Gasteiger charge is -2.20. The number of carbonyl (C=O) groups excluding carboxylic acids is 1. The molecule has 0 fully saturated rings. The Bertz CT molecular complexity index is 839. The Hall–Kier alpha value is -2.88. The first-order valence-corrected chi connectivity index (χ1v) is 8.48. The van der Waals surface area contributed by atoms with Gasteiger partial charge in [-0.1, -0.05) is 54.6 Å². The number of aryl methyl sites for hydroxylation is 2. The van der Waals surface area contributed by atoms with Crippen LogP contribution in [-0.4, -0.2) is 15.5 Å². The summed E-state index contributed by atoms with van der Waals surface area (Å²) >= 11 is 0. The van der Waals surface area contributed by atoms with Crippen LogP contribution in [-0.2, 0) is 18.4 Å². The smallest absolute Gasteiger partial charge is 0.221 e. The summed E-state index contributed by atoms with van der Waals surface area (Å²) in [6.07, 6.45) is 4.03. The molecule has 1 amide bonds. The fraction of sp³-hybridized carbons (Fsp3) is 0.238. The van der Waals surface area contributed by atoms with Crippen LogP contribution in [0.1, 0.15) is 34.9 Å². The number of nitrogens with one attached hydrogen (secondary N) is 1. The molecule has 4 nitrogen and oxygen atoms in total. The molecule has 1 aromatic heterocycles. The van der Waals surface area contributed by atoms with Gasteiger partial charge in [-0.2, -0.15) is 0 Å². The second kappa shape index (κ2) is 7.79. The standard InChI is InChI=1S/C21H23N3O/c1-16-8-6-7-11-18(16)19(17-9-4-3-5-10-17)14-21(25)23-15-20-22-12-13-24(20)2/h3-13,19H,14-15H2,1-2H3,(H,23,25). The van der Waals surface area contributed by atoms with Crippen LogP contribution < -0.4 is 5.32 Å². The number of hydrogen-bond acceptors (Lipinski definition) is 2. The van der Waals surface area contributed by atoms with Crippen LogP contribution in [0.25, 0.3) is 0 Å². The summed E-state index contributed by atoms with van der Waals surface area (Å²) < 4.78 is 1.91. The minimum atomic E-state index is 0.0279. The van der Waals surface area contributed by atoms with E-state index >= 15 is 0 Å². The first-order valence-electron chi connectivity index (χ1n) is 8.48. The van der Waals surface area contributed by atoms with Gasteiger partial charge in [-0.15, -0.1) is 0 Å². The molecule has 0 saturated heterocycles. The highest BCUT2D eigenvalue weighted by Crippen LogP contribution is 2.30. The van der Waals surface area contributed by atoms with Crippen molar-refractivity contribution < 1.29 is 4.79 Å². The highest BCUT2D eigenvalue weighted by atomic mass is 16.1. The Balaban J connectivity index is 1.77. The molecule has 0 spiro atoms. The highest BCUT2D eigenvalue weighted by Gasteiger charge is 2.19. The summed E-state index contributed by atoms with van der Waals surface area (Å²) in [6.45, 7) is 2.54. The van der Waals surface area contributed by atoms with Crippen LogP contribution in [0.5, 0.6) is 0 Å². The Kier molecular flexibility index (Phi) is 5.29. The molecule has 3 aromatic rings. The molecule has 0 saturated carbocycles. The molecule has 3 rings (SSSR count). The van der Waals surface area contributed by atoms with E-state index in [9.17, 15) is 4.79 Å². The van der Waals surface area contributed by atoms with E-state index in [0.717, 1.165) is 11.4 Å². The van der Waals surface area contributed by atoms with E-state index in [1.807, 2.05) is 48.1 Å². The van der Waals surface area contributed by atoms with E-state index in [0.29, 0.717) is 13.0 Å². The fourth-order valence-electron chi connectivity index (χ4n) is 3.07. The van der Waals surface area contributed by atoms with Gasteiger partial charge in [-0.3, -0.25) is 4.79 Å². The average molecular weight is 333 g/mol. The number of imidazole rings is 1. The zero-order chi connectivity index (χ0) is 17.6. The molecular formula is C21H23N3O. The van der Waals surface area contributed by atoms with Crippen molar-refractivity contribution in [2.45, 2.75) is 25.8 Å². The number of hydrogen-bond donors (Lipinski definition) is 1. The average Bonchev–Trinajstić information content (AvgIpc) is 3.04. The van der Waals surface area contributed by atoms with Crippen LogP contribution in [0.15, 0.2) is 67.0 Å². The molecule has 1 unspecified atom stereocenters. The third kappa shape index (κ3) is 4.15. The molecule has 2 aromatic carbocycles. The summed E-state index contributed by atoms with van der Waals surface area (Å²) in [4.78, 5) is 16.8. The van der Waals surface area contributed by atoms with Crippen LogP contribution in [0, 0.1) is 6.92 Å². The number of amides is 1. The quantitative estimate of drug-likeness (QED) is 0.750. The molecule has 0 aliphatic carbocycles. The van der Waals surface area contributed by atoms with Gasteiger partial charge in [-0.25, -0.2) is 4.98 Å². The van der Waals surface area contributed by atoms with Crippen molar-refractivity contribution in [3.05, 3.63) is 89.5 Å². The lowest BCUT2D eigenvalue weighted by Crippen LogP contribution is -2.26. The molecular weight excluding hydrogens is 310 g/mol. The molecule has 0 radical (unpaired) electrons. The summed E-state index contributed by atoms with van der Waals surface area (Å²) in [5, 5.41) is 2.99. The van der Waals surface area contributed by atoms with Crippen molar-refractivity contribution in [2.75, 3.05) is 0 Å². The predicted molar refractivity (Wildman–Crippen MR) is 99.1 cm³/mol. The molecule has 25 heavy (non-hydrogen) atoms. The molecule has 4 heteroatoms. The molecule has 1 N–H and O–H groups in total. The largest absolute Gasteiger partial charge is 0.349 e. The Morgan fingerprint density at radius 1 is 1.12 bits per heavy atom. The third-order valence-electron chi connectivity index (χ3n) is 4.52. The number of carbonyl (C=O) groups is 1. The van der Waals surface area contributed by atoms with Crippen molar-refractivity contribution in [2.24, 2.45) is 7.05 Å². The molecule has 0 aliphatic rings. The number of aromatic nitrogens is 2. The van der Waals surface area contributed by atoms with Crippen LogP contribution in [0.4, 0.5) is 0 Å². The Labute approximate surface area is 148 Å². The maximum Gasteiger partial charge on any atom is 0.221 e. The molecule has 0 aliphatic heterocycles. The van der Waals surface area contributed by atoms with Crippen molar-refractivity contribution >= 4 is 5.91 Å². The fourth-order valence-corrected chi connectivity index (χ4v) is 3.07. The van der Waals surface area contributed by atoms with Crippen molar-refractivity contribution in [3.63, 3.8) is 0 Å². The van der Waals surface area contributed by atoms with Gasteiger partial charge in [0.2, 0.25) is 5.91 Å². The zero-order valence-corrected chi connectivity index (χ0v) is 14.6. The van der Waals surface area contributed by atoms with Gasteiger partial charge in [0.15, 0.2) is 0 Å². The van der Waals surface area contributed by atoms with Gasteiger partial charge in [0.05, 0.1) is 6.54 Å². The van der Waals surface area contributed by atoms with Gasteiger partial charge in [0.25, 0.3) is 0 Å². The second-order valence-corrected chi connectivity index (χ2v) is 6.26. The van der Waals surface area contributed by atoms with E-state index in [4.69, 9.17) is 0 Å². The van der Waals surface area contributed by atoms with Crippen molar-refractivity contribution in [3.8, 4) is 0 Å². The lowest BCUT2D eigenvalue weighted by molar-refractivity contribution is -0.121. The normalized spacial score (nSPS) is 11.9. The first-order chi connectivity index (χ1) is 12.1. The third-order valence-corrected chi connectivity index (χ3v) is 4.52. The van der Waals surface area contributed by atoms with Crippen molar-refractivity contribution in [1.82, 2.24) is 14.9 Å². The topological polar surface area (TPSA) is 46.9 Å².